The third-order valence-corrected chi connectivity index (χ3v) is 4.53. The molecule has 1 aliphatic rings. The molecule has 0 bridgehead atoms. The molecule has 0 radical (unpaired) electrons. The minimum absolute atomic E-state index is 0.0593. The van der Waals surface area contributed by atoms with Crippen LogP contribution < -0.4 is 5.32 Å². The predicted molar refractivity (Wildman–Crippen MR) is 98.5 cm³/mol. The van der Waals surface area contributed by atoms with Crippen LogP contribution in [0.5, 0.6) is 0 Å². The molecule has 1 aromatic carbocycles. The summed E-state index contributed by atoms with van der Waals surface area (Å²) in [6, 6.07) is 10.3. The van der Waals surface area contributed by atoms with Crippen LogP contribution in [-0.2, 0) is 16.0 Å². The van der Waals surface area contributed by atoms with Gasteiger partial charge in [0.15, 0.2) is 0 Å². The fraction of sp³-hybridized carbons (Fsp3) is 0.400. The molecule has 1 amide bonds. The Hall–Kier alpha value is -2.47. The molecule has 1 aromatic heterocycles. The lowest BCUT2D eigenvalue weighted by Crippen LogP contribution is -2.42. The second-order valence-corrected chi connectivity index (χ2v) is 6.50. The molecular formula is C20H24FN3O2. The van der Waals surface area contributed by atoms with Crippen molar-refractivity contribution in [2.45, 2.75) is 25.9 Å². The standard InChI is InChI=1S/C20H24FN3O2/c1-14-10-17(22-2)12-18(23-14)19-13-24(8-9-26-19)20(25)7-6-15-4-3-5-16(21)11-15/h3-5,10-12,19H,6-9,13H2,1-2H3,(H,22,23)/t19-/m0/s1. The predicted octanol–water partition coefficient (Wildman–Crippen LogP) is 3.10. The van der Waals surface area contributed by atoms with Crippen molar-refractivity contribution >= 4 is 11.6 Å². The minimum atomic E-state index is -0.271. The number of carbonyl (C=O) groups is 1. The highest BCUT2D eigenvalue weighted by Crippen LogP contribution is 2.24. The van der Waals surface area contributed by atoms with Crippen LogP contribution in [0.1, 0.15) is 29.5 Å². The van der Waals surface area contributed by atoms with Crippen LogP contribution >= 0.6 is 0 Å². The summed E-state index contributed by atoms with van der Waals surface area (Å²) in [5.74, 6) is -0.212. The van der Waals surface area contributed by atoms with Gasteiger partial charge in [-0.05, 0) is 43.2 Å². The van der Waals surface area contributed by atoms with Gasteiger partial charge in [-0.25, -0.2) is 4.39 Å². The molecule has 0 aliphatic carbocycles. The zero-order valence-corrected chi connectivity index (χ0v) is 15.2. The number of carbonyl (C=O) groups excluding carboxylic acids is 1. The number of nitrogens with zero attached hydrogens (tertiary/aromatic N) is 2. The molecule has 1 atom stereocenters. The first-order valence-electron chi connectivity index (χ1n) is 8.85. The third kappa shape index (κ3) is 4.58. The summed E-state index contributed by atoms with van der Waals surface area (Å²) in [4.78, 5) is 18.9. The molecule has 5 nitrogen and oxygen atoms in total. The molecule has 1 saturated heterocycles. The maximum absolute atomic E-state index is 13.3. The highest BCUT2D eigenvalue weighted by atomic mass is 19.1. The van der Waals surface area contributed by atoms with Crippen molar-refractivity contribution in [3.05, 3.63) is 59.2 Å². The monoisotopic (exact) mass is 357 g/mol. The SMILES string of the molecule is CNc1cc(C)nc([C@@H]2CN(C(=O)CCc3cccc(F)c3)CCO2)c1. The highest BCUT2D eigenvalue weighted by molar-refractivity contribution is 5.76. The topological polar surface area (TPSA) is 54.5 Å². The first-order chi connectivity index (χ1) is 12.5. The number of ether oxygens (including phenoxy) is 1. The van der Waals surface area contributed by atoms with Gasteiger partial charge in [-0.3, -0.25) is 9.78 Å². The largest absolute Gasteiger partial charge is 0.388 e. The zero-order chi connectivity index (χ0) is 18.5. The van der Waals surface area contributed by atoms with Gasteiger partial charge in [0.25, 0.3) is 0 Å². The molecule has 3 rings (SSSR count). The van der Waals surface area contributed by atoms with Gasteiger partial charge >= 0.3 is 0 Å². The van der Waals surface area contributed by atoms with Crippen molar-refractivity contribution < 1.29 is 13.9 Å². The van der Waals surface area contributed by atoms with Gasteiger partial charge in [-0.15, -0.1) is 0 Å². The van der Waals surface area contributed by atoms with E-state index in [2.05, 4.69) is 10.3 Å². The summed E-state index contributed by atoms with van der Waals surface area (Å²) in [5.41, 5.74) is 3.55. The van der Waals surface area contributed by atoms with Crippen LogP contribution in [0.15, 0.2) is 36.4 Å². The summed E-state index contributed by atoms with van der Waals surface area (Å²) in [7, 11) is 1.86. The van der Waals surface area contributed by atoms with Gasteiger partial charge in [0, 0.05) is 31.4 Å². The second-order valence-electron chi connectivity index (χ2n) is 6.50. The molecular weight excluding hydrogens is 333 g/mol. The number of hydrogen-bond donors (Lipinski definition) is 1. The first kappa shape index (κ1) is 18.3. The minimum Gasteiger partial charge on any atom is -0.388 e. The van der Waals surface area contributed by atoms with Crippen molar-refractivity contribution in [3.63, 3.8) is 0 Å². The number of amides is 1. The Labute approximate surface area is 153 Å². The Balaban J connectivity index is 1.62. The van der Waals surface area contributed by atoms with Crippen LogP contribution in [0, 0.1) is 12.7 Å². The lowest BCUT2D eigenvalue weighted by atomic mass is 10.1. The van der Waals surface area contributed by atoms with E-state index in [1.54, 1.807) is 6.07 Å². The molecule has 0 spiro atoms. The summed E-state index contributed by atoms with van der Waals surface area (Å²) in [6.45, 7) is 3.49. The van der Waals surface area contributed by atoms with E-state index in [-0.39, 0.29) is 17.8 Å². The molecule has 2 heterocycles. The van der Waals surface area contributed by atoms with Gasteiger partial charge in [0.1, 0.15) is 11.9 Å². The molecule has 0 unspecified atom stereocenters. The molecule has 1 N–H and O–H groups in total. The van der Waals surface area contributed by atoms with Crippen LogP contribution in [-0.4, -0.2) is 42.5 Å². The summed E-state index contributed by atoms with van der Waals surface area (Å²) >= 11 is 0. The van der Waals surface area contributed by atoms with Crippen LogP contribution in [0.25, 0.3) is 0 Å². The Kier molecular flexibility index (Phi) is 5.83. The molecule has 138 valence electrons. The van der Waals surface area contributed by atoms with Gasteiger partial charge in [-0.2, -0.15) is 0 Å². The number of aryl methyl sites for hydroxylation is 2. The number of pyridine rings is 1. The molecule has 0 saturated carbocycles. The summed E-state index contributed by atoms with van der Waals surface area (Å²) in [5, 5.41) is 3.12. The van der Waals surface area contributed by atoms with Gasteiger partial charge < -0.3 is 15.0 Å². The van der Waals surface area contributed by atoms with Gasteiger partial charge in [-0.1, -0.05) is 12.1 Å². The normalized spacial score (nSPS) is 17.2. The van der Waals surface area contributed by atoms with E-state index in [1.807, 2.05) is 37.1 Å². The van der Waals surface area contributed by atoms with Crippen molar-refractivity contribution in [2.75, 3.05) is 32.1 Å². The average Bonchev–Trinajstić information content (AvgIpc) is 2.65. The van der Waals surface area contributed by atoms with Crippen molar-refractivity contribution in [1.82, 2.24) is 9.88 Å². The quantitative estimate of drug-likeness (QED) is 0.893. The molecule has 26 heavy (non-hydrogen) atoms. The number of anilines is 1. The maximum atomic E-state index is 13.3. The van der Waals surface area contributed by atoms with E-state index in [1.165, 1.54) is 12.1 Å². The van der Waals surface area contributed by atoms with Crippen LogP contribution in [0.3, 0.4) is 0 Å². The number of morpholine rings is 1. The maximum Gasteiger partial charge on any atom is 0.223 e. The smallest absolute Gasteiger partial charge is 0.223 e. The van der Waals surface area contributed by atoms with E-state index in [0.29, 0.717) is 32.5 Å². The molecule has 2 aromatic rings. The highest BCUT2D eigenvalue weighted by Gasteiger charge is 2.26. The van der Waals surface area contributed by atoms with E-state index < -0.39 is 0 Å². The Morgan fingerprint density at radius 3 is 3.00 bits per heavy atom. The Bertz CT molecular complexity index is 781. The number of hydrogen-bond acceptors (Lipinski definition) is 4. The Morgan fingerprint density at radius 2 is 2.23 bits per heavy atom. The van der Waals surface area contributed by atoms with Gasteiger partial charge in [0.05, 0.1) is 18.8 Å². The number of nitrogens with one attached hydrogen (secondary N) is 1. The summed E-state index contributed by atoms with van der Waals surface area (Å²) in [6.07, 6.45) is 0.665. The third-order valence-electron chi connectivity index (χ3n) is 4.53. The number of halogens is 1. The fourth-order valence-electron chi connectivity index (χ4n) is 3.16. The van der Waals surface area contributed by atoms with E-state index in [4.69, 9.17) is 4.74 Å². The molecule has 6 heteroatoms. The molecule has 1 fully saturated rings. The lowest BCUT2D eigenvalue weighted by molar-refractivity contribution is -0.139. The summed E-state index contributed by atoms with van der Waals surface area (Å²) < 4.78 is 19.1. The average molecular weight is 357 g/mol. The van der Waals surface area contributed by atoms with Crippen molar-refractivity contribution in [1.29, 1.82) is 0 Å². The number of benzene rings is 1. The zero-order valence-electron chi connectivity index (χ0n) is 15.2. The number of aromatic nitrogens is 1. The fourth-order valence-corrected chi connectivity index (χ4v) is 3.16. The van der Waals surface area contributed by atoms with E-state index in [0.717, 1.165) is 22.6 Å². The van der Waals surface area contributed by atoms with E-state index in [9.17, 15) is 9.18 Å². The van der Waals surface area contributed by atoms with Crippen LogP contribution in [0.2, 0.25) is 0 Å². The van der Waals surface area contributed by atoms with E-state index >= 15 is 0 Å². The Morgan fingerprint density at radius 1 is 1.38 bits per heavy atom. The molecule has 1 aliphatic heterocycles. The van der Waals surface area contributed by atoms with Gasteiger partial charge in [0.2, 0.25) is 5.91 Å². The first-order valence-corrected chi connectivity index (χ1v) is 8.85. The van der Waals surface area contributed by atoms with Crippen molar-refractivity contribution in [2.24, 2.45) is 0 Å². The lowest BCUT2D eigenvalue weighted by Gasteiger charge is -2.33. The number of rotatable bonds is 5. The van der Waals surface area contributed by atoms with Crippen molar-refractivity contribution in [3.8, 4) is 0 Å². The second kappa shape index (κ2) is 8.27. The van der Waals surface area contributed by atoms with Crippen LogP contribution in [0.4, 0.5) is 10.1 Å².